The van der Waals surface area contributed by atoms with Gasteiger partial charge in [-0.25, -0.2) is 4.57 Å². The molecule has 0 aliphatic heterocycles. The molecule has 0 bridgehead atoms. The van der Waals surface area contributed by atoms with E-state index in [-0.39, 0.29) is 38.6 Å². The summed E-state index contributed by atoms with van der Waals surface area (Å²) in [6.45, 7) is 3.68. The van der Waals surface area contributed by atoms with Crippen molar-refractivity contribution in [1.82, 2.24) is 0 Å². The van der Waals surface area contributed by atoms with Gasteiger partial charge in [0, 0.05) is 19.4 Å². The van der Waals surface area contributed by atoms with E-state index in [0.717, 1.165) is 57.8 Å². The third-order valence-electron chi connectivity index (χ3n) is 13.2. The van der Waals surface area contributed by atoms with Gasteiger partial charge in [-0.3, -0.25) is 18.6 Å². The number of phosphoric acid groups is 1. The van der Waals surface area contributed by atoms with E-state index >= 15 is 0 Å². The van der Waals surface area contributed by atoms with E-state index in [0.29, 0.717) is 6.42 Å². The summed E-state index contributed by atoms with van der Waals surface area (Å²) in [5, 5.41) is 0. The first-order valence-electron chi connectivity index (χ1n) is 30.1. The average molecular weight is 1020 g/mol. The highest BCUT2D eigenvalue weighted by atomic mass is 31.2. The van der Waals surface area contributed by atoms with Gasteiger partial charge in [0.25, 0.3) is 0 Å². The van der Waals surface area contributed by atoms with Crippen LogP contribution in [0, 0.1) is 0 Å². The minimum absolute atomic E-state index is 0.0553. The van der Waals surface area contributed by atoms with Gasteiger partial charge in [0.05, 0.1) is 13.2 Å². The molecule has 0 aromatic rings. The first-order chi connectivity index (χ1) is 34.8. The zero-order valence-corrected chi connectivity index (χ0v) is 47.4. The molecule has 9 nitrogen and oxygen atoms in total. The highest BCUT2D eigenvalue weighted by Gasteiger charge is 2.26. The van der Waals surface area contributed by atoms with Crippen molar-refractivity contribution in [3.05, 3.63) is 48.6 Å². The minimum atomic E-state index is -4.38. The molecule has 0 heterocycles. The molecule has 0 aromatic heterocycles. The first kappa shape index (κ1) is 69.0. The van der Waals surface area contributed by atoms with Crippen LogP contribution < -0.4 is 5.73 Å². The molecule has 71 heavy (non-hydrogen) atoms. The van der Waals surface area contributed by atoms with Crippen molar-refractivity contribution in [3.63, 3.8) is 0 Å². The molecule has 2 unspecified atom stereocenters. The number of nitrogens with two attached hydrogens (primary N) is 1. The lowest BCUT2D eigenvalue weighted by Gasteiger charge is -2.19. The summed E-state index contributed by atoms with van der Waals surface area (Å²) in [6.07, 6.45) is 70.3. The fourth-order valence-corrected chi connectivity index (χ4v) is 9.57. The van der Waals surface area contributed by atoms with Crippen molar-refractivity contribution >= 4 is 19.8 Å². The van der Waals surface area contributed by atoms with Gasteiger partial charge in [0.2, 0.25) is 0 Å². The number of esters is 2. The van der Waals surface area contributed by atoms with Gasteiger partial charge in [0.15, 0.2) is 6.10 Å². The molecule has 0 aliphatic rings. The van der Waals surface area contributed by atoms with Crippen molar-refractivity contribution in [2.24, 2.45) is 5.73 Å². The Labute approximate surface area is 438 Å². The van der Waals surface area contributed by atoms with Gasteiger partial charge in [0.1, 0.15) is 6.61 Å². The summed E-state index contributed by atoms with van der Waals surface area (Å²) in [7, 11) is -4.38. The summed E-state index contributed by atoms with van der Waals surface area (Å²) < 4.78 is 33.1. The number of ether oxygens (including phenoxy) is 2. The molecule has 10 heteroatoms. The van der Waals surface area contributed by atoms with E-state index in [1.165, 1.54) is 205 Å². The molecule has 0 saturated heterocycles. The monoisotopic (exact) mass is 1020 g/mol. The van der Waals surface area contributed by atoms with E-state index in [9.17, 15) is 19.0 Å². The number of carbonyl (C=O) groups is 2. The van der Waals surface area contributed by atoms with Gasteiger partial charge < -0.3 is 20.1 Å². The molecule has 416 valence electrons. The maximum absolute atomic E-state index is 12.7. The van der Waals surface area contributed by atoms with Crippen LogP contribution in [0.1, 0.15) is 296 Å². The Morgan fingerprint density at radius 3 is 1.15 bits per heavy atom. The van der Waals surface area contributed by atoms with Crippen molar-refractivity contribution < 1.29 is 37.6 Å². The van der Waals surface area contributed by atoms with Crippen molar-refractivity contribution in [1.29, 1.82) is 0 Å². The van der Waals surface area contributed by atoms with Gasteiger partial charge in [-0.2, -0.15) is 0 Å². The number of carbonyl (C=O) groups excluding carboxylic acids is 2. The molecule has 0 spiro atoms. The number of allylic oxidation sites excluding steroid dienone is 8. The minimum Gasteiger partial charge on any atom is -0.462 e. The highest BCUT2D eigenvalue weighted by Crippen LogP contribution is 2.43. The maximum Gasteiger partial charge on any atom is 0.472 e. The van der Waals surface area contributed by atoms with Crippen molar-refractivity contribution in [2.75, 3.05) is 26.4 Å². The van der Waals surface area contributed by atoms with Crippen LogP contribution in [-0.2, 0) is 32.7 Å². The second kappa shape index (κ2) is 57.3. The Morgan fingerprint density at radius 1 is 0.437 bits per heavy atom. The highest BCUT2D eigenvalue weighted by molar-refractivity contribution is 7.47. The van der Waals surface area contributed by atoms with E-state index < -0.39 is 26.5 Å². The molecule has 0 aliphatic carbocycles. The van der Waals surface area contributed by atoms with Crippen LogP contribution >= 0.6 is 7.82 Å². The van der Waals surface area contributed by atoms with Gasteiger partial charge in [-0.1, -0.05) is 281 Å². The Balaban J connectivity index is 3.88. The fraction of sp³-hybridized carbons (Fsp3) is 0.836. The Morgan fingerprint density at radius 2 is 0.775 bits per heavy atom. The molecular formula is C61H114NO8P. The normalized spacial score (nSPS) is 13.4. The topological polar surface area (TPSA) is 134 Å². The first-order valence-corrected chi connectivity index (χ1v) is 31.6. The molecule has 0 radical (unpaired) electrons. The Kier molecular flexibility index (Phi) is 55.6. The predicted molar refractivity (Wildman–Crippen MR) is 303 cm³/mol. The van der Waals surface area contributed by atoms with Crippen LogP contribution in [0.3, 0.4) is 0 Å². The van der Waals surface area contributed by atoms with Crippen molar-refractivity contribution in [2.45, 2.75) is 302 Å². The molecule has 0 saturated carbocycles. The van der Waals surface area contributed by atoms with Crippen LogP contribution in [0.25, 0.3) is 0 Å². The maximum atomic E-state index is 12.7. The SMILES string of the molecule is CC/C=C\C/C=C\C/C=C\C/C=C\CCCCCCCCCCCCCCCCCCCCC(=O)OC(COC(=O)CCCCCCCCCCCCCCCCCCCCC)COP(=O)(O)OCCN. The lowest BCUT2D eigenvalue weighted by molar-refractivity contribution is -0.161. The number of unbranched alkanes of at least 4 members (excludes halogenated alkanes) is 36. The zero-order valence-electron chi connectivity index (χ0n) is 46.5. The quantitative estimate of drug-likeness (QED) is 0.0264. The van der Waals surface area contributed by atoms with Crippen molar-refractivity contribution in [3.8, 4) is 0 Å². The zero-order chi connectivity index (χ0) is 51.7. The van der Waals surface area contributed by atoms with Gasteiger partial charge in [-0.05, 0) is 51.4 Å². The number of hydrogen-bond donors (Lipinski definition) is 2. The summed E-state index contributed by atoms with van der Waals surface area (Å²) in [4.78, 5) is 35.2. The average Bonchev–Trinajstić information content (AvgIpc) is 3.36. The third-order valence-corrected chi connectivity index (χ3v) is 14.2. The predicted octanol–water partition coefficient (Wildman–Crippen LogP) is 19.0. The molecule has 0 fully saturated rings. The van der Waals surface area contributed by atoms with Gasteiger partial charge >= 0.3 is 19.8 Å². The fourth-order valence-electron chi connectivity index (χ4n) is 8.81. The lowest BCUT2D eigenvalue weighted by Crippen LogP contribution is -2.29. The number of hydrogen-bond acceptors (Lipinski definition) is 8. The summed E-state index contributed by atoms with van der Waals surface area (Å²) in [6, 6.07) is 0. The standard InChI is InChI=1S/C61H114NO8P/c1-3-5-7-9-11-13-15-17-19-21-23-24-25-26-27-28-29-30-31-32-33-34-36-38-40-42-44-46-48-50-52-54-61(64)70-59(58-69-71(65,66)68-56-55-62)57-67-60(63)53-51-49-47-45-43-41-39-37-35-22-20-18-16-14-12-10-8-6-4-2/h5,7,11,13,17,19,23-24,59H,3-4,6,8-10,12,14-16,18,20-22,25-58,62H2,1-2H3,(H,65,66)/b7-5-,13-11-,19-17-,24-23-. The van der Waals surface area contributed by atoms with E-state index in [1.54, 1.807) is 0 Å². The Hall–Kier alpha value is -2.03. The second-order valence-electron chi connectivity index (χ2n) is 20.2. The molecule has 0 rings (SSSR count). The second-order valence-corrected chi connectivity index (χ2v) is 21.7. The molecule has 0 aromatic carbocycles. The lowest BCUT2D eigenvalue weighted by atomic mass is 10.0. The molecule has 2 atom stereocenters. The molecular weight excluding hydrogens is 906 g/mol. The molecule has 3 N–H and O–H groups in total. The summed E-state index contributed by atoms with van der Waals surface area (Å²) >= 11 is 0. The summed E-state index contributed by atoms with van der Waals surface area (Å²) in [5.41, 5.74) is 5.39. The smallest absolute Gasteiger partial charge is 0.462 e. The third kappa shape index (κ3) is 57.1. The number of phosphoric ester groups is 1. The van der Waals surface area contributed by atoms with E-state index in [2.05, 4.69) is 62.5 Å². The van der Waals surface area contributed by atoms with Crippen LogP contribution in [0.2, 0.25) is 0 Å². The van der Waals surface area contributed by atoms with Crippen LogP contribution in [-0.4, -0.2) is 49.3 Å². The van der Waals surface area contributed by atoms with Crippen LogP contribution in [0.4, 0.5) is 0 Å². The number of rotatable bonds is 57. The van der Waals surface area contributed by atoms with E-state index in [1.807, 2.05) is 0 Å². The Bertz CT molecular complexity index is 1300. The van der Waals surface area contributed by atoms with Crippen LogP contribution in [0.5, 0.6) is 0 Å². The molecule has 0 amide bonds. The summed E-state index contributed by atoms with van der Waals surface area (Å²) in [5.74, 6) is -0.810. The largest absolute Gasteiger partial charge is 0.472 e. The van der Waals surface area contributed by atoms with E-state index in [4.69, 9.17) is 24.3 Å². The van der Waals surface area contributed by atoms with Gasteiger partial charge in [-0.15, -0.1) is 0 Å². The van der Waals surface area contributed by atoms with Crippen LogP contribution in [0.15, 0.2) is 48.6 Å².